The van der Waals surface area contributed by atoms with E-state index in [-0.39, 0.29) is 33.9 Å². The van der Waals surface area contributed by atoms with E-state index in [0.29, 0.717) is 19.7 Å². The van der Waals surface area contributed by atoms with E-state index >= 15 is 0 Å². The molecule has 2 bridgehead atoms. The van der Waals surface area contributed by atoms with Gasteiger partial charge in [-0.25, -0.2) is 9.78 Å². The Morgan fingerprint density at radius 1 is 1.02 bits per heavy atom. The number of benzene rings is 1. The highest BCUT2D eigenvalue weighted by Crippen LogP contribution is 2.58. The fraction of sp³-hybridized carbons (Fsp3) is 0.590. The van der Waals surface area contributed by atoms with E-state index in [2.05, 4.69) is 61.6 Å². The van der Waals surface area contributed by atoms with Gasteiger partial charge in [-0.2, -0.15) is 5.10 Å². The molecule has 2 aromatic heterocycles. The van der Waals surface area contributed by atoms with Crippen LogP contribution in [-0.4, -0.2) is 65.9 Å². The Bertz CT molecular complexity index is 1610. The number of pyridine rings is 1. The van der Waals surface area contributed by atoms with E-state index in [1.165, 1.54) is 23.2 Å². The maximum atomic E-state index is 14.6. The van der Waals surface area contributed by atoms with E-state index < -0.39 is 6.09 Å². The molecule has 270 valence electrons. The average Bonchev–Trinajstić information content (AvgIpc) is 3.65. The second kappa shape index (κ2) is 15.8. The highest BCUT2D eigenvalue weighted by atomic mass is 32.2. The summed E-state index contributed by atoms with van der Waals surface area (Å²) in [6.45, 7) is 7.90. The molecule has 0 unspecified atom stereocenters. The Kier molecular flexibility index (Phi) is 11.4. The molecule has 10 nitrogen and oxygen atoms in total. The molecule has 1 aromatic carbocycles. The molecule has 0 spiro atoms. The molecule has 0 atom stereocenters. The van der Waals surface area contributed by atoms with Gasteiger partial charge in [-0.15, -0.1) is 0 Å². The third kappa shape index (κ3) is 7.99. The molecule has 4 fully saturated rings. The molecule has 4 aliphatic carbocycles. The third-order valence-electron chi connectivity index (χ3n) is 11.5. The number of ether oxygens (including phenoxy) is 2. The minimum Gasteiger partial charge on any atom is -0.496 e. The van der Waals surface area contributed by atoms with Gasteiger partial charge in [0.1, 0.15) is 11.6 Å². The first-order valence-corrected chi connectivity index (χ1v) is 19.0. The molecule has 2 heterocycles. The summed E-state index contributed by atoms with van der Waals surface area (Å²) >= 11 is 1.22. The van der Waals surface area contributed by atoms with E-state index in [4.69, 9.17) is 18.6 Å². The van der Waals surface area contributed by atoms with Crippen LogP contribution in [0.5, 0.6) is 5.75 Å². The number of anilines is 1. The predicted octanol–water partition coefficient (Wildman–Crippen LogP) is 8.05. The Hall–Kier alpha value is -3.57. The van der Waals surface area contributed by atoms with E-state index in [0.717, 1.165) is 86.9 Å². The van der Waals surface area contributed by atoms with Gasteiger partial charge in [0.2, 0.25) is 5.91 Å². The number of carbonyl (C=O) groups excluding carboxylic acids is 2. The van der Waals surface area contributed by atoms with Gasteiger partial charge < -0.3 is 19.0 Å². The molecule has 0 radical (unpaired) electrons. The summed E-state index contributed by atoms with van der Waals surface area (Å²) in [4.78, 5) is 33.5. The molecule has 4 saturated carbocycles. The van der Waals surface area contributed by atoms with Crippen LogP contribution >= 0.6 is 12.0 Å². The summed E-state index contributed by atoms with van der Waals surface area (Å²) < 4.78 is 17.9. The first kappa shape index (κ1) is 36.2. The summed E-state index contributed by atoms with van der Waals surface area (Å²) in [5.41, 5.74) is 4.91. The number of methoxy groups -OCH3 is 2. The SMILES string of the molecule is COCCNC(=O)OSC1CCC(C(=O)N(CC23CCC(c4ccc(OC)c(C)c4)(CC2)CC3)c2cc(-c3cnn(C(C)C)c3)ccn2)CC1. The van der Waals surface area contributed by atoms with Crippen LogP contribution < -0.4 is 15.0 Å². The van der Waals surface area contributed by atoms with E-state index in [1.54, 1.807) is 14.2 Å². The first-order valence-electron chi connectivity index (χ1n) is 18.2. The maximum absolute atomic E-state index is 14.6. The molecule has 0 aliphatic heterocycles. The second-order valence-corrected chi connectivity index (χ2v) is 16.0. The van der Waals surface area contributed by atoms with Gasteiger partial charge >= 0.3 is 6.09 Å². The Labute approximate surface area is 301 Å². The third-order valence-corrected chi connectivity index (χ3v) is 12.5. The number of hydrogen-bond acceptors (Lipinski definition) is 8. The summed E-state index contributed by atoms with van der Waals surface area (Å²) in [5, 5.41) is 7.42. The summed E-state index contributed by atoms with van der Waals surface area (Å²) in [6.07, 6.45) is 15.2. The van der Waals surface area contributed by atoms with Crippen LogP contribution in [0, 0.1) is 18.3 Å². The van der Waals surface area contributed by atoms with Crippen molar-refractivity contribution in [1.29, 1.82) is 0 Å². The van der Waals surface area contributed by atoms with Gasteiger partial charge in [-0.1, -0.05) is 12.1 Å². The molecule has 0 saturated heterocycles. The van der Waals surface area contributed by atoms with Crippen molar-refractivity contribution < 1.29 is 23.2 Å². The number of nitrogens with zero attached hydrogens (tertiary/aromatic N) is 4. The lowest BCUT2D eigenvalue weighted by molar-refractivity contribution is -0.124. The monoisotopic (exact) mass is 703 g/mol. The normalized spacial score (nSPS) is 24.6. The average molecular weight is 704 g/mol. The fourth-order valence-electron chi connectivity index (χ4n) is 8.29. The smallest absolute Gasteiger partial charge is 0.419 e. The van der Waals surface area contributed by atoms with E-state index in [1.807, 2.05) is 28.0 Å². The summed E-state index contributed by atoms with van der Waals surface area (Å²) in [6, 6.07) is 11.1. The van der Waals surface area contributed by atoms with Crippen LogP contribution in [0.1, 0.15) is 95.2 Å². The highest BCUT2D eigenvalue weighted by Gasteiger charge is 2.51. The van der Waals surface area contributed by atoms with Crippen molar-refractivity contribution >= 4 is 29.9 Å². The zero-order valence-corrected chi connectivity index (χ0v) is 31.1. The van der Waals surface area contributed by atoms with E-state index in [9.17, 15) is 9.59 Å². The first-order chi connectivity index (χ1) is 24.1. The van der Waals surface area contributed by atoms with Gasteiger partial charge in [-0.05, 0) is 131 Å². The van der Waals surface area contributed by atoms with Gasteiger partial charge in [0.25, 0.3) is 0 Å². The molecular formula is C39H53N5O5S. The molecule has 3 aromatic rings. The highest BCUT2D eigenvalue weighted by molar-refractivity contribution is 7.95. The van der Waals surface area contributed by atoms with Crippen molar-refractivity contribution in [1.82, 2.24) is 20.1 Å². The number of hydrogen-bond donors (Lipinski definition) is 1. The molecular weight excluding hydrogens is 651 g/mol. The Morgan fingerprint density at radius 2 is 1.76 bits per heavy atom. The van der Waals surface area contributed by atoms with Crippen molar-refractivity contribution in [3.8, 4) is 16.9 Å². The number of carbonyl (C=O) groups is 2. The number of rotatable bonds is 13. The molecule has 7 rings (SSSR count). The Balaban J connectivity index is 1.18. The minimum atomic E-state index is -0.452. The molecule has 2 amide bonds. The molecule has 4 aliphatic rings. The molecule has 11 heteroatoms. The minimum absolute atomic E-state index is 0.0657. The zero-order chi connectivity index (χ0) is 35.3. The number of amides is 2. The zero-order valence-electron chi connectivity index (χ0n) is 30.3. The number of fused-ring (bicyclic) bond motifs is 3. The van der Waals surface area contributed by atoms with Crippen LogP contribution in [-0.2, 0) is 19.1 Å². The van der Waals surface area contributed by atoms with Crippen molar-refractivity contribution in [2.75, 3.05) is 38.8 Å². The van der Waals surface area contributed by atoms with Gasteiger partial charge in [0.15, 0.2) is 0 Å². The van der Waals surface area contributed by atoms with Crippen LogP contribution in [0.3, 0.4) is 0 Å². The van der Waals surface area contributed by atoms with Crippen LogP contribution in [0.2, 0.25) is 0 Å². The lowest BCUT2D eigenvalue weighted by Gasteiger charge is -2.55. The topological polar surface area (TPSA) is 108 Å². The lowest BCUT2D eigenvalue weighted by Crippen LogP contribution is -2.52. The largest absolute Gasteiger partial charge is 0.496 e. The van der Waals surface area contributed by atoms with Gasteiger partial charge in [0.05, 0.1) is 32.0 Å². The summed E-state index contributed by atoms with van der Waals surface area (Å²) in [7, 11) is 3.33. The van der Waals surface area contributed by atoms with Gasteiger partial charge in [-0.3, -0.25) is 14.4 Å². The van der Waals surface area contributed by atoms with Crippen molar-refractivity contribution in [2.24, 2.45) is 11.3 Å². The Morgan fingerprint density at radius 3 is 2.40 bits per heavy atom. The van der Waals surface area contributed by atoms with Crippen LogP contribution in [0.15, 0.2) is 48.9 Å². The number of nitrogens with one attached hydrogen (secondary N) is 1. The van der Waals surface area contributed by atoms with Crippen molar-refractivity contribution in [3.05, 3.63) is 60.0 Å². The van der Waals surface area contributed by atoms with Crippen molar-refractivity contribution in [3.63, 3.8) is 0 Å². The standard InChI is InChI=1S/C39H53N5O5S/c1-27(2)44-25-31(24-42-44)30-12-19-40-35(23-30)43(36(45)29-6-9-33(10-7-29)50-49-37(46)41-20-21-47-4)26-38-13-16-39(17-14-38,18-15-38)32-8-11-34(48-5)28(3)22-32/h8,11-12,19,22-25,27,29,33H,6-7,9-10,13-18,20-21,26H2,1-5H3,(H,41,46). The number of aromatic nitrogens is 3. The summed E-state index contributed by atoms with van der Waals surface area (Å²) in [5.74, 6) is 1.73. The fourth-order valence-corrected chi connectivity index (χ4v) is 9.03. The molecule has 1 N–H and O–H groups in total. The molecule has 50 heavy (non-hydrogen) atoms. The number of aryl methyl sites for hydroxylation is 1. The van der Waals surface area contributed by atoms with Crippen molar-refractivity contribution in [2.45, 2.75) is 102 Å². The predicted molar refractivity (Wildman–Crippen MR) is 197 cm³/mol. The quantitative estimate of drug-likeness (QED) is 0.141. The van der Waals surface area contributed by atoms with Crippen LogP contribution in [0.4, 0.5) is 10.6 Å². The second-order valence-electron chi connectivity index (χ2n) is 15.0. The maximum Gasteiger partial charge on any atom is 0.419 e. The van der Waals surface area contributed by atoms with Crippen LogP contribution in [0.25, 0.3) is 11.1 Å². The lowest BCUT2D eigenvalue weighted by atomic mass is 9.51. The van der Waals surface area contributed by atoms with Gasteiger partial charge in [0, 0.05) is 55.4 Å².